The molecule has 0 amide bonds. The van der Waals surface area contributed by atoms with E-state index in [0.29, 0.717) is 5.92 Å². The third-order valence-electron chi connectivity index (χ3n) is 3.90. The van der Waals surface area contributed by atoms with Gasteiger partial charge in [-0.2, -0.15) is 0 Å². The molecular formula is C20H25N. The Morgan fingerprint density at radius 1 is 0.952 bits per heavy atom. The molecule has 0 aromatic heterocycles. The second kappa shape index (κ2) is 7.68. The van der Waals surface area contributed by atoms with Gasteiger partial charge in [0.1, 0.15) is 0 Å². The van der Waals surface area contributed by atoms with E-state index in [-0.39, 0.29) is 0 Å². The van der Waals surface area contributed by atoms with E-state index in [2.05, 4.69) is 92.4 Å². The van der Waals surface area contributed by atoms with E-state index in [1.54, 1.807) is 0 Å². The minimum atomic E-state index is 0.434. The molecule has 110 valence electrons. The highest BCUT2D eigenvalue weighted by atomic mass is 15.1. The van der Waals surface area contributed by atoms with Crippen molar-refractivity contribution in [3.63, 3.8) is 0 Å². The molecular weight excluding hydrogens is 254 g/mol. The Kier molecular flexibility index (Phi) is 5.62. The van der Waals surface area contributed by atoms with Gasteiger partial charge in [0.25, 0.3) is 0 Å². The summed E-state index contributed by atoms with van der Waals surface area (Å²) in [7, 11) is 0. The summed E-state index contributed by atoms with van der Waals surface area (Å²) in [5, 5.41) is 0. The smallest absolute Gasteiger partial charge is 0.0371 e. The highest BCUT2D eigenvalue weighted by molar-refractivity contribution is 5.59. The zero-order chi connectivity index (χ0) is 15.1. The molecule has 1 unspecified atom stereocenters. The number of anilines is 1. The van der Waals surface area contributed by atoms with Gasteiger partial charge in [0, 0.05) is 18.8 Å². The Balaban J connectivity index is 2.12. The molecule has 21 heavy (non-hydrogen) atoms. The second-order valence-electron chi connectivity index (χ2n) is 5.33. The summed E-state index contributed by atoms with van der Waals surface area (Å²) >= 11 is 0. The number of rotatable bonds is 6. The lowest BCUT2D eigenvalue weighted by Crippen LogP contribution is -2.21. The fraction of sp³-hybridized carbons (Fsp3) is 0.300. The first-order chi connectivity index (χ1) is 10.2. The van der Waals surface area contributed by atoms with Crippen LogP contribution in [0.5, 0.6) is 0 Å². The number of benzene rings is 2. The Bertz CT molecular complexity index is 567. The van der Waals surface area contributed by atoms with Gasteiger partial charge in [0.2, 0.25) is 0 Å². The fourth-order valence-corrected chi connectivity index (χ4v) is 2.54. The largest absolute Gasteiger partial charge is 0.372 e. The predicted molar refractivity (Wildman–Crippen MR) is 93.9 cm³/mol. The van der Waals surface area contributed by atoms with Crippen molar-refractivity contribution in [1.29, 1.82) is 0 Å². The molecule has 0 aliphatic carbocycles. The molecule has 0 bridgehead atoms. The molecule has 0 saturated carbocycles. The highest BCUT2D eigenvalue weighted by Crippen LogP contribution is 2.20. The predicted octanol–water partition coefficient (Wildman–Crippen LogP) is 5.35. The summed E-state index contributed by atoms with van der Waals surface area (Å²) in [6.45, 7) is 8.72. The third kappa shape index (κ3) is 4.22. The number of allylic oxidation sites excluding steroid dienone is 1. The first kappa shape index (κ1) is 15.4. The van der Waals surface area contributed by atoms with Crippen LogP contribution in [0.4, 0.5) is 5.69 Å². The molecule has 0 fully saturated rings. The summed E-state index contributed by atoms with van der Waals surface area (Å²) in [6, 6.07) is 19.4. The van der Waals surface area contributed by atoms with E-state index in [4.69, 9.17) is 0 Å². The quantitative estimate of drug-likeness (QED) is 0.689. The van der Waals surface area contributed by atoms with Crippen molar-refractivity contribution in [2.24, 2.45) is 0 Å². The molecule has 0 saturated heterocycles. The molecule has 0 heterocycles. The van der Waals surface area contributed by atoms with E-state index in [1.165, 1.54) is 16.8 Å². The summed E-state index contributed by atoms with van der Waals surface area (Å²) < 4.78 is 0. The lowest BCUT2D eigenvalue weighted by Gasteiger charge is -2.21. The summed E-state index contributed by atoms with van der Waals surface area (Å²) in [4.78, 5) is 2.37. The van der Waals surface area contributed by atoms with Gasteiger partial charge in [-0.15, -0.1) is 0 Å². The summed E-state index contributed by atoms with van der Waals surface area (Å²) in [5.74, 6) is 0.434. The molecule has 1 atom stereocenters. The van der Waals surface area contributed by atoms with E-state index in [0.717, 1.165) is 13.1 Å². The van der Waals surface area contributed by atoms with Crippen LogP contribution in [0.1, 0.15) is 37.8 Å². The van der Waals surface area contributed by atoms with Crippen molar-refractivity contribution in [1.82, 2.24) is 0 Å². The average molecular weight is 279 g/mol. The first-order valence-electron chi connectivity index (χ1n) is 7.82. The van der Waals surface area contributed by atoms with Crippen molar-refractivity contribution in [2.75, 3.05) is 18.0 Å². The van der Waals surface area contributed by atoms with E-state index < -0.39 is 0 Å². The minimum Gasteiger partial charge on any atom is -0.372 e. The first-order valence-corrected chi connectivity index (χ1v) is 7.82. The SMILES string of the molecule is CCN(CC)c1cccc(C=CC(C)c2ccccc2)c1. The Morgan fingerprint density at radius 2 is 1.67 bits per heavy atom. The molecule has 1 nitrogen and oxygen atoms in total. The maximum absolute atomic E-state index is 2.37. The van der Waals surface area contributed by atoms with Crippen LogP contribution in [-0.4, -0.2) is 13.1 Å². The van der Waals surface area contributed by atoms with Crippen molar-refractivity contribution in [2.45, 2.75) is 26.7 Å². The van der Waals surface area contributed by atoms with E-state index >= 15 is 0 Å². The van der Waals surface area contributed by atoms with E-state index in [1.807, 2.05) is 0 Å². The molecule has 0 aliphatic heterocycles. The van der Waals surface area contributed by atoms with Crippen molar-refractivity contribution >= 4 is 11.8 Å². The molecule has 0 N–H and O–H groups in total. The van der Waals surface area contributed by atoms with Gasteiger partial charge in [0.05, 0.1) is 0 Å². The van der Waals surface area contributed by atoms with Crippen molar-refractivity contribution in [3.05, 3.63) is 71.8 Å². The Hall–Kier alpha value is -2.02. The molecule has 0 aliphatic rings. The zero-order valence-electron chi connectivity index (χ0n) is 13.3. The topological polar surface area (TPSA) is 3.24 Å². The second-order valence-corrected chi connectivity index (χ2v) is 5.33. The Labute approximate surface area is 128 Å². The molecule has 0 spiro atoms. The van der Waals surface area contributed by atoms with Gasteiger partial charge < -0.3 is 4.90 Å². The molecule has 2 aromatic carbocycles. The zero-order valence-corrected chi connectivity index (χ0v) is 13.3. The molecule has 1 heteroatoms. The maximum atomic E-state index is 2.37. The monoisotopic (exact) mass is 279 g/mol. The molecule has 0 radical (unpaired) electrons. The molecule has 2 rings (SSSR count). The number of hydrogen-bond acceptors (Lipinski definition) is 1. The fourth-order valence-electron chi connectivity index (χ4n) is 2.54. The third-order valence-corrected chi connectivity index (χ3v) is 3.90. The van der Waals surface area contributed by atoms with Gasteiger partial charge in [-0.25, -0.2) is 0 Å². The number of hydrogen-bond donors (Lipinski definition) is 0. The molecule has 2 aromatic rings. The summed E-state index contributed by atoms with van der Waals surface area (Å²) in [5.41, 5.74) is 3.92. The van der Waals surface area contributed by atoms with Crippen LogP contribution < -0.4 is 4.90 Å². The standard InChI is InChI=1S/C20H25N/c1-4-21(5-2)20-13-9-10-18(16-20)15-14-17(3)19-11-7-6-8-12-19/h6-17H,4-5H2,1-3H3. The van der Waals surface area contributed by atoms with Gasteiger partial charge >= 0.3 is 0 Å². The lowest BCUT2D eigenvalue weighted by atomic mass is 10.00. The van der Waals surface area contributed by atoms with Crippen LogP contribution in [-0.2, 0) is 0 Å². The Morgan fingerprint density at radius 3 is 2.33 bits per heavy atom. The lowest BCUT2D eigenvalue weighted by molar-refractivity contribution is 0.866. The van der Waals surface area contributed by atoms with Crippen LogP contribution in [0.2, 0.25) is 0 Å². The van der Waals surface area contributed by atoms with Crippen molar-refractivity contribution in [3.8, 4) is 0 Å². The van der Waals surface area contributed by atoms with Crippen molar-refractivity contribution < 1.29 is 0 Å². The van der Waals surface area contributed by atoms with Crippen LogP contribution in [0.25, 0.3) is 6.08 Å². The van der Waals surface area contributed by atoms with Gasteiger partial charge in [-0.3, -0.25) is 0 Å². The van der Waals surface area contributed by atoms with Crippen LogP contribution in [0.15, 0.2) is 60.7 Å². The van der Waals surface area contributed by atoms with Gasteiger partial charge in [-0.05, 0) is 43.0 Å². The van der Waals surface area contributed by atoms with Gasteiger partial charge in [0.15, 0.2) is 0 Å². The normalized spacial score (nSPS) is 12.5. The average Bonchev–Trinajstić information content (AvgIpc) is 2.55. The van der Waals surface area contributed by atoms with Gasteiger partial charge in [-0.1, -0.05) is 61.5 Å². The number of nitrogens with zero attached hydrogens (tertiary/aromatic N) is 1. The highest BCUT2D eigenvalue weighted by Gasteiger charge is 2.02. The maximum Gasteiger partial charge on any atom is 0.0371 e. The van der Waals surface area contributed by atoms with Crippen LogP contribution in [0.3, 0.4) is 0 Å². The van der Waals surface area contributed by atoms with Crippen LogP contribution in [0, 0.1) is 0 Å². The summed E-state index contributed by atoms with van der Waals surface area (Å²) in [6.07, 6.45) is 4.50. The van der Waals surface area contributed by atoms with Crippen LogP contribution >= 0.6 is 0 Å². The minimum absolute atomic E-state index is 0.434. The van der Waals surface area contributed by atoms with E-state index in [9.17, 15) is 0 Å².